The van der Waals surface area contributed by atoms with E-state index >= 15 is 0 Å². The molecule has 0 spiro atoms. The largest absolute Gasteiger partial charge is 0.497 e. The number of hydrogen-bond acceptors (Lipinski definition) is 4. The number of likely N-dealkylation sites (tertiary alicyclic amines) is 1. The van der Waals surface area contributed by atoms with Crippen molar-refractivity contribution >= 4 is 11.7 Å². The average Bonchev–Trinajstić information content (AvgIpc) is 2.80. The van der Waals surface area contributed by atoms with E-state index in [9.17, 15) is 14.3 Å². The van der Waals surface area contributed by atoms with E-state index in [0.717, 1.165) is 32.4 Å². The number of nitrogens with one attached hydrogen (secondary N) is 2. The number of amides is 2. The van der Waals surface area contributed by atoms with Gasteiger partial charge in [-0.3, -0.25) is 0 Å². The van der Waals surface area contributed by atoms with Gasteiger partial charge in [0.25, 0.3) is 0 Å². The van der Waals surface area contributed by atoms with Gasteiger partial charge in [-0.2, -0.15) is 0 Å². The summed E-state index contributed by atoms with van der Waals surface area (Å²) in [6.45, 7) is 4.31. The fourth-order valence-electron chi connectivity index (χ4n) is 4.23. The third-order valence-corrected chi connectivity index (χ3v) is 6.14. The Labute approximate surface area is 189 Å². The van der Waals surface area contributed by atoms with Crippen LogP contribution in [0, 0.1) is 11.7 Å². The van der Waals surface area contributed by atoms with Crippen LogP contribution in [-0.2, 0) is 6.42 Å². The lowest BCUT2D eigenvalue weighted by Crippen LogP contribution is -2.50. The van der Waals surface area contributed by atoms with Gasteiger partial charge < -0.3 is 25.4 Å². The van der Waals surface area contributed by atoms with Crippen LogP contribution in [0.3, 0.4) is 0 Å². The quantitative estimate of drug-likeness (QED) is 0.547. The third-order valence-electron chi connectivity index (χ3n) is 6.14. The fourth-order valence-corrected chi connectivity index (χ4v) is 4.23. The van der Waals surface area contributed by atoms with Crippen LogP contribution in [-0.4, -0.2) is 54.9 Å². The number of aliphatic hydroxyl groups excluding tert-OH is 1. The number of carbonyl (C=O) groups is 1. The Morgan fingerprint density at radius 2 is 1.94 bits per heavy atom. The van der Waals surface area contributed by atoms with E-state index in [2.05, 4.69) is 15.5 Å². The number of hydrogen-bond donors (Lipinski definition) is 3. The first-order chi connectivity index (χ1) is 15.5. The van der Waals surface area contributed by atoms with Crippen molar-refractivity contribution in [2.24, 2.45) is 5.92 Å². The van der Waals surface area contributed by atoms with E-state index in [-0.39, 0.29) is 17.9 Å². The third kappa shape index (κ3) is 7.21. The maximum atomic E-state index is 13.1. The fraction of sp³-hybridized carbons (Fsp3) is 0.480. The number of nitrogens with zero attached hydrogens (tertiary/aromatic N) is 1. The van der Waals surface area contributed by atoms with Gasteiger partial charge in [-0.25, -0.2) is 9.18 Å². The van der Waals surface area contributed by atoms with Crippen molar-refractivity contribution in [2.45, 2.75) is 44.8 Å². The van der Waals surface area contributed by atoms with Gasteiger partial charge in [0.15, 0.2) is 0 Å². The van der Waals surface area contributed by atoms with Crippen LogP contribution in [0.4, 0.5) is 14.9 Å². The van der Waals surface area contributed by atoms with Gasteiger partial charge >= 0.3 is 6.03 Å². The molecule has 6 nitrogen and oxygen atoms in total. The Kier molecular flexibility index (Phi) is 8.88. The van der Waals surface area contributed by atoms with E-state index in [4.69, 9.17) is 4.74 Å². The molecule has 174 valence electrons. The predicted octanol–water partition coefficient (Wildman–Crippen LogP) is 4.05. The van der Waals surface area contributed by atoms with Crippen molar-refractivity contribution in [3.05, 3.63) is 59.9 Å². The van der Waals surface area contributed by atoms with E-state index in [1.807, 2.05) is 25.1 Å². The number of methoxy groups -OCH3 is 1. The Balaban J connectivity index is 1.43. The van der Waals surface area contributed by atoms with E-state index < -0.39 is 6.10 Å². The second kappa shape index (κ2) is 11.8. The number of ether oxygens (including phenoxy) is 1. The number of benzene rings is 2. The second-order valence-corrected chi connectivity index (χ2v) is 8.49. The number of aliphatic hydroxyl groups is 1. The molecule has 0 bridgehead atoms. The molecule has 0 saturated carbocycles. The van der Waals surface area contributed by atoms with Crippen LogP contribution >= 0.6 is 0 Å². The minimum atomic E-state index is -0.648. The molecule has 1 saturated heterocycles. The van der Waals surface area contributed by atoms with Crippen molar-refractivity contribution in [3.63, 3.8) is 0 Å². The van der Waals surface area contributed by atoms with Crippen LogP contribution in [0.15, 0.2) is 48.5 Å². The lowest BCUT2D eigenvalue weighted by molar-refractivity contribution is 0.0649. The minimum Gasteiger partial charge on any atom is -0.497 e. The van der Waals surface area contributed by atoms with Crippen LogP contribution in [0.25, 0.3) is 0 Å². The van der Waals surface area contributed by atoms with Gasteiger partial charge in [0.1, 0.15) is 11.6 Å². The Hall–Kier alpha value is -2.64. The molecular weight excluding hydrogens is 409 g/mol. The zero-order chi connectivity index (χ0) is 22.9. The first kappa shape index (κ1) is 24.0. The number of halogens is 1. The summed E-state index contributed by atoms with van der Waals surface area (Å²) in [5.74, 6) is 1.04. The summed E-state index contributed by atoms with van der Waals surface area (Å²) in [5, 5.41) is 16.4. The Bertz CT molecular complexity index is 854. The first-order valence-electron chi connectivity index (χ1n) is 11.3. The molecule has 1 aliphatic heterocycles. The summed E-state index contributed by atoms with van der Waals surface area (Å²) < 4.78 is 18.3. The number of carbonyl (C=O) groups excluding carboxylic acids is 1. The highest BCUT2D eigenvalue weighted by atomic mass is 19.1. The molecule has 32 heavy (non-hydrogen) atoms. The molecule has 2 aromatic rings. The van der Waals surface area contributed by atoms with Crippen LogP contribution in [0.2, 0.25) is 0 Å². The van der Waals surface area contributed by atoms with E-state index in [0.29, 0.717) is 30.3 Å². The van der Waals surface area contributed by atoms with Gasteiger partial charge in [-0.1, -0.05) is 25.1 Å². The number of urea groups is 1. The van der Waals surface area contributed by atoms with Crippen LogP contribution in [0.1, 0.15) is 31.7 Å². The van der Waals surface area contributed by atoms with Crippen molar-refractivity contribution in [3.8, 4) is 5.75 Å². The monoisotopic (exact) mass is 443 g/mol. The zero-order valence-corrected chi connectivity index (χ0v) is 18.9. The number of anilines is 1. The maximum absolute atomic E-state index is 13.1. The summed E-state index contributed by atoms with van der Waals surface area (Å²) in [7, 11) is 1.58. The second-order valence-electron chi connectivity index (χ2n) is 8.49. The molecule has 1 fully saturated rings. The topological polar surface area (TPSA) is 73.8 Å². The summed E-state index contributed by atoms with van der Waals surface area (Å²) in [6.07, 6.45) is 3.04. The van der Waals surface area contributed by atoms with E-state index in [1.54, 1.807) is 25.3 Å². The van der Waals surface area contributed by atoms with Crippen LogP contribution < -0.4 is 15.4 Å². The average molecular weight is 444 g/mol. The summed E-state index contributed by atoms with van der Waals surface area (Å²) in [4.78, 5) is 14.7. The summed E-state index contributed by atoms with van der Waals surface area (Å²) in [6, 6.07) is 13.2. The molecule has 3 N–H and O–H groups in total. The van der Waals surface area contributed by atoms with Gasteiger partial charge in [-0.15, -0.1) is 0 Å². The molecule has 2 unspecified atom stereocenters. The highest BCUT2D eigenvalue weighted by Gasteiger charge is 2.25. The smallest absolute Gasteiger partial charge is 0.319 e. The highest BCUT2D eigenvalue weighted by molar-refractivity contribution is 5.89. The van der Waals surface area contributed by atoms with Crippen molar-refractivity contribution in [1.82, 2.24) is 10.2 Å². The SMILES string of the molecule is CCC(NC(=O)Nc1cccc(OC)c1)C(O)CN1CCC(Cc2ccc(F)cc2)CC1. The van der Waals surface area contributed by atoms with Gasteiger partial charge in [0.2, 0.25) is 0 Å². The lowest BCUT2D eigenvalue weighted by atomic mass is 9.90. The van der Waals surface area contributed by atoms with Gasteiger partial charge in [0, 0.05) is 18.3 Å². The lowest BCUT2D eigenvalue weighted by Gasteiger charge is -2.35. The molecule has 3 rings (SSSR count). The predicted molar refractivity (Wildman–Crippen MR) is 125 cm³/mol. The molecule has 1 aliphatic rings. The molecule has 1 heterocycles. The van der Waals surface area contributed by atoms with Crippen molar-refractivity contribution < 1.29 is 19.0 Å². The first-order valence-corrected chi connectivity index (χ1v) is 11.3. The summed E-state index contributed by atoms with van der Waals surface area (Å²) >= 11 is 0. The molecule has 0 aliphatic carbocycles. The molecule has 2 atom stereocenters. The molecule has 0 radical (unpaired) electrons. The molecule has 2 aromatic carbocycles. The number of piperidine rings is 1. The standard InChI is InChI=1S/C25H34FN3O3/c1-3-23(28-25(31)27-21-5-4-6-22(16-21)32-2)24(30)17-29-13-11-19(12-14-29)15-18-7-9-20(26)10-8-18/h4-10,16,19,23-24,30H,3,11-15,17H2,1-2H3,(H2,27,28,31). The normalized spacial score (nSPS) is 16.9. The maximum Gasteiger partial charge on any atom is 0.319 e. The zero-order valence-electron chi connectivity index (χ0n) is 18.9. The minimum absolute atomic E-state index is 0.200. The Morgan fingerprint density at radius 1 is 1.22 bits per heavy atom. The Morgan fingerprint density at radius 3 is 2.59 bits per heavy atom. The number of β-amino-alcohol motifs (C(OH)–C–C–N with tert-alkyl or cyclic N) is 1. The van der Waals surface area contributed by atoms with Crippen molar-refractivity contribution in [1.29, 1.82) is 0 Å². The molecule has 0 aromatic heterocycles. The van der Waals surface area contributed by atoms with Gasteiger partial charge in [-0.05, 0) is 74.5 Å². The molecular formula is C25H34FN3O3. The number of rotatable bonds is 9. The highest BCUT2D eigenvalue weighted by Crippen LogP contribution is 2.22. The van der Waals surface area contributed by atoms with Gasteiger partial charge in [0.05, 0.1) is 19.3 Å². The van der Waals surface area contributed by atoms with E-state index in [1.165, 1.54) is 17.7 Å². The molecule has 7 heteroatoms. The van der Waals surface area contributed by atoms with Crippen molar-refractivity contribution in [2.75, 3.05) is 32.1 Å². The van der Waals surface area contributed by atoms with Crippen LogP contribution in [0.5, 0.6) is 5.75 Å². The summed E-state index contributed by atoms with van der Waals surface area (Å²) in [5.41, 5.74) is 1.80. The molecule has 2 amide bonds.